The molecule has 1 saturated heterocycles. The zero-order chi connectivity index (χ0) is 13.2. The van der Waals surface area contributed by atoms with Crippen LogP contribution in [0.3, 0.4) is 0 Å². The fraction of sp³-hybridized carbons (Fsp3) is 0.647. The van der Waals surface area contributed by atoms with Crippen LogP contribution in [0.2, 0.25) is 0 Å². The molecule has 1 aromatic carbocycles. The summed E-state index contributed by atoms with van der Waals surface area (Å²) in [5.41, 5.74) is 2.87. The number of nitrogens with one attached hydrogen (secondary N) is 1. The van der Waals surface area contributed by atoms with Crippen molar-refractivity contribution in [3.05, 3.63) is 35.4 Å². The maximum Gasteiger partial charge on any atom is 0.0233 e. The number of hydrogen-bond donors (Lipinski definition) is 1. The van der Waals surface area contributed by atoms with Gasteiger partial charge in [-0.15, -0.1) is 0 Å². The van der Waals surface area contributed by atoms with E-state index in [2.05, 4.69) is 48.5 Å². The topological polar surface area (TPSA) is 15.3 Å². The third kappa shape index (κ3) is 2.85. The van der Waals surface area contributed by atoms with Crippen LogP contribution in [0.5, 0.6) is 0 Å². The van der Waals surface area contributed by atoms with Crippen LogP contribution < -0.4 is 5.32 Å². The van der Waals surface area contributed by atoms with E-state index < -0.39 is 0 Å². The second kappa shape index (κ2) is 5.64. The van der Waals surface area contributed by atoms with Crippen LogP contribution in [0, 0.1) is 18.8 Å². The largest absolute Gasteiger partial charge is 0.312 e. The number of aryl methyl sites for hydroxylation is 1. The summed E-state index contributed by atoms with van der Waals surface area (Å²) in [7, 11) is 2.26. The molecule has 3 atom stereocenters. The summed E-state index contributed by atoms with van der Waals surface area (Å²) in [5.74, 6) is 1.91. The van der Waals surface area contributed by atoms with Gasteiger partial charge in [0.2, 0.25) is 0 Å². The predicted octanol–water partition coefficient (Wildman–Crippen LogP) is 2.81. The lowest BCUT2D eigenvalue weighted by molar-refractivity contribution is 0.259. The van der Waals surface area contributed by atoms with Gasteiger partial charge in [0.05, 0.1) is 0 Å². The minimum atomic E-state index is 0.724. The number of benzene rings is 1. The fourth-order valence-electron chi connectivity index (χ4n) is 3.98. The van der Waals surface area contributed by atoms with E-state index >= 15 is 0 Å². The minimum absolute atomic E-state index is 0.724. The van der Waals surface area contributed by atoms with Crippen LogP contribution in [-0.2, 0) is 6.54 Å². The highest BCUT2D eigenvalue weighted by atomic mass is 15.1. The maximum atomic E-state index is 3.75. The van der Waals surface area contributed by atoms with Gasteiger partial charge in [-0.05, 0) is 56.3 Å². The lowest BCUT2D eigenvalue weighted by Gasteiger charge is -2.25. The lowest BCUT2D eigenvalue weighted by atomic mass is 9.94. The van der Waals surface area contributed by atoms with Crippen molar-refractivity contribution in [3.8, 4) is 0 Å². The second-order valence-electron chi connectivity index (χ2n) is 6.49. The summed E-state index contributed by atoms with van der Waals surface area (Å²) in [6, 6.07) is 9.47. The van der Waals surface area contributed by atoms with E-state index in [1.807, 2.05) is 0 Å². The van der Waals surface area contributed by atoms with Crippen molar-refractivity contribution in [1.29, 1.82) is 0 Å². The number of rotatable bonds is 4. The average molecular weight is 258 g/mol. The zero-order valence-corrected chi connectivity index (χ0v) is 12.2. The normalized spacial score (nSPS) is 29.9. The Kier molecular flexibility index (Phi) is 3.90. The Balaban J connectivity index is 1.57. The Hall–Kier alpha value is -0.860. The maximum absolute atomic E-state index is 3.75. The fourth-order valence-corrected chi connectivity index (χ4v) is 3.98. The molecule has 1 aromatic rings. The van der Waals surface area contributed by atoms with Gasteiger partial charge in [-0.3, -0.25) is 0 Å². The third-order valence-electron chi connectivity index (χ3n) is 5.09. The van der Waals surface area contributed by atoms with Gasteiger partial charge in [0, 0.05) is 19.1 Å². The molecule has 19 heavy (non-hydrogen) atoms. The molecule has 2 nitrogen and oxygen atoms in total. The number of hydrogen-bond acceptors (Lipinski definition) is 2. The monoisotopic (exact) mass is 258 g/mol. The van der Waals surface area contributed by atoms with Crippen LogP contribution in [0.1, 0.15) is 30.4 Å². The van der Waals surface area contributed by atoms with Gasteiger partial charge in [-0.2, -0.15) is 0 Å². The van der Waals surface area contributed by atoms with Gasteiger partial charge in [0.1, 0.15) is 0 Å². The molecule has 0 aromatic heterocycles. The summed E-state index contributed by atoms with van der Waals surface area (Å²) in [6.07, 6.45) is 4.35. The molecule has 2 aliphatic rings. The molecule has 0 spiro atoms. The Morgan fingerprint density at radius 1 is 1.26 bits per heavy atom. The van der Waals surface area contributed by atoms with Gasteiger partial charge in [-0.1, -0.05) is 30.7 Å². The molecule has 0 bridgehead atoms. The van der Waals surface area contributed by atoms with Crippen molar-refractivity contribution in [2.45, 2.75) is 38.8 Å². The molecule has 3 unspecified atom stereocenters. The number of fused-ring (bicyclic) bond motifs is 1. The van der Waals surface area contributed by atoms with Gasteiger partial charge in [0.25, 0.3) is 0 Å². The van der Waals surface area contributed by atoms with E-state index in [-0.39, 0.29) is 0 Å². The predicted molar refractivity (Wildman–Crippen MR) is 80.1 cm³/mol. The molecule has 0 radical (unpaired) electrons. The van der Waals surface area contributed by atoms with Gasteiger partial charge < -0.3 is 10.2 Å². The highest BCUT2D eigenvalue weighted by molar-refractivity contribution is 5.25. The molecule has 3 rings (SSSR count). The first-order valence-electron chi connectivity index (χ1n) is 7.70. The van der Waals surface area contributed by atoms with E-state index in [1.54, 1.807) is 0 Å². The van der Waals surface area contributed by atoms with Crippen LogP contribution in [0.15, 0.2) is 24.3 Å². The Labute approximate surface area is 117 Å². The van der Waals surface area contributed by atoms with Crippen molar-refractivity contribution < 1.29 is 0 Å². The second-order valence-corrected chi connectivity index (χ2v) is 6.49. The molecular weight excluding hydrogens is 232 g/mol. The van der Waals surface area contributed by atoms with Crippen molar-refractivity contribution in [2.75, 3.05) is 20.1 Å². The summed E-state index contributed by atoms with van der Waals surface area (Å²) in [4.78, 5) is 2.49. The van der Waals surface area contributed by atoms with Crippen molar-refractivity contribution in [1.82, 2.24) is 10.2 Å². The Morgan fingerprint density at radius 3 is 2.95 bits per heavy atom. The number of likely N-dealkylation sites (N-methyl/N-ethyl adjacent to an activating group) is 1. The quantitative estimate of drug-likeness (QED) is 0.893. The molecule has 104 valence electrons. The first kappa shape index (κ1) is 13.1. The molecular formula is C17H26N2. The highest BCUT2D eigenvalue weighted by Crippen LogP contribution is 2.37. The molecule has 2 heteroatoms. The molecule has 1 saturated carbocycles. The molecule has 1 aliphatic carbocycles. The molecule has 0 amide bonds. The van der Waals surface area contributed by atoms with E-state index in [1.165, 1.54) is 43.5 Å². The van der Waals surface area contributed by atoms with Crippen LogP contribution in [0.25, 0.3) is 0 Å². The van der Waals surface area contributed by atoms with Crippen LogP contribution in [-0.4, -0.2) is 31.1 Å². The average Bonchev–Trinajstić information content (AvgIpc) is 2.97. The van der Waals surface area contributed by atoms with Crippen molar-refractivity contribution in [2.24, 2.45) is 11.8 Å². The molecule has 2 fully saturated rings. The Bertz CT molecular complexity index is 429. The summed E-state index contributed by atoms with van der Waals surface area (Å²) >= 11 is 0. The van der Waals surface area contributed by atoms with Gasteiger partial charge >= 0.3 is 0 Å². The SMILES string of the molecule is Cc1ccccc1CN(C)CC1NCC2CCCC21. The summed E-state index contributed by atoms with van der Waals surface area (Å²) in [5, 5.41) is 3.75. The highest BCUT2D eigenvalue weighted by Gasteiger charge is 2.38. The molecule has 1 N–H and O–H groups in total. The van der Waals surface area contributed by atoms with E-state index in [0.29, 0.717) is 0 Å². The van der Waals surface area contributed by atoms with Crippen molar-refractivity contribution in [3.63, 3.8) is 0 Å². The van der Waals surface area contributed by atoms with E-state index in [0.717, 1.165) is 24.4 Å². The van der Waals surface area contributed by atoms with Crippen LogP contribution in [0.4, 0.5) is 0 Å². The van der Waals surface area contributed by atoms with E-state index in [4.69, 9.17) is 0 Å². The summed E-state index contributed by atoms with van der Waals surface area (Å²) in [6.45, 7) is 5.73. The van der Waals surface area contributed by atoms with Gasteiger partial charge in [0.15, 0.2) is 0 Å². The standard InChI is InChI=1S/C17H26N2/c1-13-6-3-4-7-15(13)11-19(2)12-17-16-9-5-8-14(16)10-18-17/h3-4,6-7,14,16-18H,5,8-12H2,1-2H3. The lowest BCUT2D eigenvalue weighted by Crippen LogP contribution is -2.38. The van der Waals surface area contributed by atoms with Gasteiger partial charge in [-0.25, -0.2) is 0 Å². The summed E-state index contributed by atoms with van der Waals surface area (Å²) < 4.78 is 0. The van der Waals surface area contributed by atoms with E-state index in [9.17, 15) is 0 Å². The number of nitrogens with zero attached hydrogens (tertiary/aromatic N) is 1. The first-order valence-corrected chi connectivity index (χ1v) is 7.70. The first-order chi connectivity index (χ1) is 9.24. The van der Waals surface area contributed by atoms with Crippen molar-refractivity contribution >= 4 is 0 Å². The zero-order valence-electron chi connectivity index (χ0n) is 12.2. The Morgan fingerprint density at radius 2 is 2.11 bits per heavy atom. The minimum Gasteiger partial charge on any atom is -0.312 e. The third-order valence-corrected chi connectivity index (χ3v) is 5.09. The molecule has 1 aliphatic heterocycles. The van der Waals surface area contributed by atoms with Crippen LogP contribution >= 0.6 is 0 Å². The molecule has 1 heterocycles. The smallest absolute Gasteiger partial charge is 0.0233 e.